The molecule has 0 amide bonds. The molecule has 0 saturated carbocycles. The molecule has 4 heteroatoms. The van der Waals surface area contributed by atoms with Gasteiger partial charge in [0.15, 0.2) is 5.60 Å². The maximum Gasteiger partial charge on any atom is 0.312 e. The summed E-state index contributed by atoms with van der Waals surface area (Å²) in [6, 6.07) is 0. The van der Waals surface area contributed by atoms with E-state index in [9.17, 15) is 15.0 Å². The molecule has 1 rings (SSSR count). The highest BCUT2D eigenvalue weighted by Gasteiger charge is 2.53. The van der Waals surface area contributed by atoms with E-state index in [-0.39, 0.29) is 0 Å². The first-order valence-electron chi connectivity index (χ1n) is 4.52. The van der Waals surface area contributed by atoms with Gasteiger partial charge >= 0.3 is 5.97 Å². The van der Waals surface area contributed by atoms with Crippen LogP contribution in [0.5, 0.6) is 0 Å². The lowest BCUT2D eigenvalue weighted by Gasteiger charge is -2.31. The molecule has 1 heterocycles. The van der Waals surface area contributed by atoms with Crippen LogP contribution in [0.1, 0.15) is 27.2 Å². The monoisotopic (exact) mass is 188 g/mol. The maximum atomic E-state index is 11.1. The van der Waals surface area contributed by atoms with Crippen LogP contribution < -0.4 is 0 Å². The van der Waals surface area contributed by atoms with Gasteiger partial charge < -0.3 is 14.9 Å². The molecule has 1 fully saturated rings. The number of hydrogen-bond donors (Lipinski definition) is 2. The lowest BCUT2D eigenvalue weighted by Crippen LogP contribution is -2.48. The number of esters is 1. The van der Waals surface area contributed by atoms with Crippen LogP contribution in [0.15, 0.2) is 0 Å². The zero-order chi connectivity index (χ0) is 10.2. The highest BCUT2D eigenvalue weighted by molar-refractivity contribution is 5.76. The highest BCUT2D eigenvalue weighted by Crippen LogP contribution is 2.34. The molecule has 0 bridgehead atoms. The Hall–Kier alpha value is -0.610. The van der Waals surface area contributed by atoms with Gasteiger partial charge in [0.2, 0.25) is 0 Å². The number of cyclic esters (lactones) is 1. The van der Waals surface area contributed by atoms with Crippen molar-refractivity contribution in [2.45, 2.75) is 45.0 Å². The van der Waals surface area contributed by atoms with Crippen LogP contribution in [0.2, 0.25) is 0 Å². The Labute approximate surface area is 77.5 Å². The fraction of sp³-hybridized carbons (Fsp3) is 0.889. The lowest BCUT2D eigenvalue weighted by atomic mass is 9.87. The maximum absolute atomic E-state index is 11.1. The average Bonchev–Trinajstić information content (AvgIpc) is 2.30. The van der Waals surface area contributed by atoms with Crippen molar-refractivity contribution in [3.05, 3.63) is 0 Å². The Bertz CT molecular complexity index is 216. The third-order valence-corrected chi connectivity index (χ3v) is 2.80. The molecule has 76 valence electrons. The minimum absolute atomic E-state index is 0.442. The van der Waals surface area contributed by atoms with Crippen LogP contribution in [0.4, 0.5) is 0 Å². The molecule has 13 heavy (non-hydrogen) atoms. The molecule has 1 saturated heterocycles. The predicted molar refractivity (Wildman–Crippen MR) is 46.0 cm³/mol. The number of rotatable bonds is 2. The third kappa shape index (κ3) is 1.44. The molecule has 1 aliphatic rings. The summed E-state index contributed by atoms with van der Waals surface area (Å²) in [7, 11) is 0. The second-order valence-electron chi connectivity index (χ2n) is 3.76. The Balaban J connectivity index is 2.87. The Morgan fingerprint density at radius 2 is 2.23 bits per heavy atom. The van der Waals surface area contributed by atoms with E-state index in [4.69, 9.17) is 4.74 Å². The third-order valence-electron chi connectivity index (χ3n) is 2.80. The van der Waals surface area contributed by atoms with Crippen molar-refractivity contribution < 1.29 is 19.7 Å². The summed E-state index contributed by atoms with van der Waals surface area (Å²) < 4.78 is 4.99. The quantitative estimate of drug-likeness (QED) is 0.602. The van der Waals surface area contributed by atoms with Crippen molar-refractivity contribution in [1.82, 2.24) is 0 Å². The Morgan fingerprint density at radius 1 is 1.69 bits per heavy atom. The van der Waals surface area contributed by atoms with Gasteiger partial charge in [-0.15, -0.1) is 0 Å². The van der Waals surface area contributed by atoms with E-state index < -0.39 is 29.7 Å². The molecule has 4 atom stereocenters. The zero-order valence-electron chi connectivity index (χ0n) is 8.15. The molecular formula is C9H16O4. The second-order valence-corrected chi connectivity index (χ2v) is 3.76. The van der Waals surface area contributed by atoms with E-state index in [1.807, 2.05) is 0 Å². The molecule has 2 N–H and O–H groups in total. The molecule has 0 aromatic rings. The minimum Gasteiger partial charge on any atom is -0.454 e. The molecule has 4 nitrogen and oxygen atoms in total. The first-order valence-corrected chi connectivity index (χ1v) is 4.52. The van der Waals surface area contributed by atoms with Gasteiger partial charge in [-0.1, -0.05) is 6.92 Å². The molecule has 0 aromatic heterocycles. The minimum atomic E-state index is -1.13. The molecule has 0 aromatic carbocycles. The van der Waals surface area contributed by atoms with Crippen molar-refractivity contribution >= 4 is 5.97 Å². The molecule has 0 unspecified atom stereocenters. The first kappa shape index (κ1) is 10.5. The van der Waals surface area contributed by atoms with Gasteiger partial charge in [-0.05, 0) is 20.3 Å². The first-order chi connectivity index (χ1) is 5.93. The van der Waals surface area contributed by atoms with Gasteiger partial charge in [-0.2, -0.15) is 0 Å². The van der Waals surface area contributed by atoms with E-state index in [0.29, 0.717) is 6.42 Å². The van der Waals surface area contributed by atoms with Crippen LogP contribution in [0.25, 0.3) is 0 Å². The van der Waals surface area contributed by atoms with Gasteiger partial charge in [0.05, 0.1) is 12.0 Å². The SMILES string of the molecule is CC[C@H](O)[C@@]1(C)OC(=O)[C@@H](C)[C@@H]1O. The van der Waals surface area contributed by atoms with Crippen molar-refractivity contribution in [3.63, 3.8) is 0 Å². The van der Waals surface area contributed by atoms with Gasteiger partial charge in [0, 0.05) is 0 Å². The van der Waals surface area contributed by atoms with Crippen LogP contribution in [-0.4, -0.2) is 34.0 Å². The fourth-order valence-corrected chi connectivity index (χ4v) is 1.67. The van der Waals surface area contributed by atoms with Crippen molar-refractivity contribution in [3.8, 4) is 0 Å². The van der Waals surface area contributed by atoms with Gasteiger partial charge in [0.1, 0.15) is 6.10 Å². The number of aliphatic hydroxyl groups is 2. The smallest absolute Gasteiger partial charge is 0.312 e. The number of hydrogen-bond acceptors (Lipinski definition) is 4. The lowest BCUT2D eigenvalue weighted by molar-refractivity contribution is -0.163. The van der Waals surface area contributed by atoms with Crippen molar-refractivity contribution in [2.75, 3.05) is 0 Å². The van der Waals surface area contributed by atoms with Crippen molar-refractivity contribution in [1.29, 1.82) is 0 Å². The number of aliphatic hydroxyl groups excluding tert-OH is 2. The van der Waals surface area contributed by atoms with Gasteiger partial charge in [0.25, 0.3) is 0 Å². The summed E-state index contributed by atoms with van der Waals surface area (Å²) in [4.78, 5) is 11.1. The second kappa shape index (κ2) is 3.27. The number of ether oxygens (including phenoxy) is 1. The molecule has 0 aliphatic carbocycles. The zero-order valence-corrected chi connectivity index (χ0v) is 8.15. The predicted octanol–water partition coefficient (Wildman–Crippen LogP) is 0.0698. The van der Waals surface area contributed by atoms with E-state index in [0.717, 1.165) is 0 Å². The Kier molecular flexibility index (Phi) is 2.63. The van der Waals surface area contributed by atoms with E-state index in [1.165, 1.54) is 0 Å². The molecular weight excluding hydrogens is 172 g/mol. The van der Waals surface area contributed by atoms with E-state index >= 15 is 0 Å². The molecule has 0 radical (unpaired) electrons. The van der Waals surface area contributed by atoms with Crippen LogP contribution >= 0.6 is 0 Å². The summed E-state index contributed by atoms with van der Waals surface area (Å²) in [5.41, 5.74) is -1.13. The van der Waals surface area contributed by atoms with Crippen LogP contribution in [0, 0.1) is 5.92 Å². The number of carbonyl (C=O) groups is 1. The van der Waals surface area contributed by atoms with Gasteiger partial charge in [-0.3, -0.25) is 4.79 Å². The summed E-state index contributed by atoms with van der Waals surface area (Å²) in [6.45, 7) is 4.94. The van der Waals surface area contributed by atoms with Crippen LogP contribution in [0.3, 0.4) is 0 Å². The summed E-state index contributed by atoms with van der Waals surface area (Å²) in [5.74, 6) is -0.992. The topological polar surface area (TPSA) is 66.8 Å². The Morgan fingerprint density at radius 3 is 2.54 bits per heavy atom. The summed E-state index contributed by atoms with van der Waals surface area (Å²) >= 11 is 0. The fourth-order valence-electron chi connectivity index (χ4n) is 1.67. The van der Waals surface area contributed by atoms with Crippen LogP contribution in [-0.2, 0) is 9.53 Å². The molecule has 0 spiro atoms. The van der Waals surface area contributed by atoms with Crippen molar-refractivity contribution in [2.24, 2.45) is 5.92 Å². The highest BCUT2D eigenvalue weighted by atomic mass is 16.6. The van der Waals surface area contributed by atoms with Gasteiger partial charge in [-0.25, -0.2) is 0 Å². The van der Waals surface area contributed by atoms with E-state index in [2.05, 4.69) is 0 Å². The van der Waals surface area contributed by atoms with E-state index in [1.54, 1.807) is 20.8 Å². The average molecular weight is 188 g/mol. The summed E-state index contributed by atoms with van der Waals surface area (Å²) in [5, 5.41) is 19.3. The standard InChI is InChI=1S/C9H16O4/c1-4-6(10)9(3)7(11)5(2)8(12)13-9/h5-7,10-11H,4H2,1-3H3/t5-,6-,7-,9+/m0/s1. The molecule has 1 aliphatic heterocycles. The summed E-state index contributed by atoms with van der Waals surface area (Å²) in [6.07, 6.45) is -1.28. The largest absolute Gasteiger partial charge is 0.454 e. The number of carbonyl (C=O) groups excluding carboxylic acids is 1. The normalized spacial score (nSPS) is 41.8.